The van der Waals surface area contributed by atoms with Crippen LogP contribution in [0.25, 0.3) is 0 Å². The van der Waals surface area contributed by atoms with Crippen molar-refractivity contribution >= 4 is 11.3 Å². The number of pyridine rings is 1. The molecule has 0 N–H and O–H groups in total. The van der Waals surface area contributed by atoms with Crippen molar-refractivity contribution in [1.82, 2.24) is 14.8 Å². The lowest BCUT2D eigenvalue weighted by atomic mass is 10.1. The maximum atomic E-state index is 5.53. The molecule has 0 amide bonds. The van der Waals surface area contributed by atoms with Gasteiger partial charge in [0.25, 0.3) is 0 Å². The number of hydrogen-bond acceptors (Lipinski definition) is 5. The SMILES string of the molecule is C[C@H](c1ccncc1)N(C)C[C@H](c1cccs1)N1CCOCC1. The standard InChI is InChI=1S/C18H25N3OS/c1-15(16-5-7-19-8-6-16)20(2)14-17(18-4-3-13-23-18)21-9-11-22-12-10-21/h3-8,13,15,17H,9-12,14H2,1-2H3/t15-,17-/m1/s1. The van der Waals surface area contributed by atoms with Crippen LogP contribution < -0.4 is 0 Å². The third-order valence-electron chi connectivity index (χ3n) is 4.67. The number of nitrogens with zero attached hydrogens (tertiary/aromatic N) is 3. The van der Waals surface area contributed by atoms with Gasteiger partial charge in [0.1, 0.15) is 0 Å². The van der Waals surface area contributed by atoms with Crippen molar-refractivity contribution in [3.05, 3.63) is 52.5 Å². The number of thiophene rings is 1. The molecule has 1 aliphatic rings. The number of ether oxygens (including phenoxy) is 1. The van der Waals surface area contributed by atoms with Crippen molar-refractivity contribution in [1.29, 1.82) is 0 Å². The minimum Gasteiger partial charge on any atom is -0.379 e. The van der Waals surface area contributed by atoms with E-state index in [1.54, 1.807) is 0 Å². The van der Waals surface area contributed by atoms with E-state index in [1.165, 1.54) is 10.4 Å². The van der Waals surface area contributed by atoms with Gasteiger partial charge >= 0.3 is 0 Å². The van der Waals surface area contributed by atoms with E-state index in [4.69, 9.17) is 4.74 Å². The van der Waals surface area contributed by atoms with Crippen LogP contribution in [0.2, 0.25) is 0 Å². The van der Waals surface area contributed by atoms with Crippen molar-refractivity contribution < 1.29 is 4.74 Å². The molecule has 2 atom stereocenters. The summed E-state index contributed by atoms with van der Waals surface area (Å²) in [6, 6.07) is 9.44. The molecule has 0 radical (unpaired) electrons. The van der Waals surface area contributed by atoms with Gasteiger partial charge in [-0.15, -0.1) is 11.3 Å². The Morgan fingerprint density at radius 2 is 2.00 bits per heavy atom. The van der Waals surface area contributed by atoms with Crippen LogP contribution in [0.5, 0.6) is 0 Å². The molecule has 3 heterocycles. The van der Waals surface area contributed by atoms with E-state index in [1.807, 2.05) is 23.7 Å². The second-order valence-corrected chi connectivity index (χ2v) is 7.05. The van der Waals surface area contributed by atoms with Crippen LogP contribution in [0.3, 0.4) is 0 Å². The summed E-state index contributed by atoms with van der Waals surface area (Å²) in [6.45, 7) is 6.99. The maximum absolute atomic E-state index is 5.53. The van der Waals surface area contributed by atoms with Crippen molar-refractivity contribution in [2.24, 2.45) is 0 Å². The molecule has 3 rings (SSSR count). The Labute approximate surface area is 142 Å². The molecule has 1 aliphatic heterocycles. The van der Waals surface area contributed by atoms with Crippen molar-refractivity contribution in [3.8, 4) is 0 Å². The number of likely N-dealkylation sites (N-methyl/N-ethyl adjacent to an activating group) is 1. The predicted octanol–water partition coefficient (Wildman–Crippen LogP) is 3.21. The zero-order valence-electron chi connectivity index (χ0n) is 13.9. The van der Waals surface area contributed by atoms with Crippen molar-refractivity contribution in [2.45, 2.75) is 19.0 Å². The largest absolute Gasteiger partial charge is 0.379 e. The highest BCUT2D eigenvalue weighted by molar-refractivity contribution is 7.10. The summed E-state index contributed by atoms with van der Waals surface area (Å²) in [7, 11) is 2.21. The second-order valence-electron chi connectivity index (χ2n) is 6.08. The fourth-order valence-electron chi connectivity index (χ4n) is 3.08. The molecular weight excluding hydrogens is 306 g/mol. The third-order valence-corrected chi connectivity index (χ3v) is 5.64. The van der Waals surface area contributed by atoms with Gasteiger partial charge in [-0.05, 0) is 43.1 Å². The van der Waals surface area contributed by atoms with Crippen LogP contribution in [-0.2, 0) is 4.74 Å². The number of aromatic nitrogens is 1. The summed E-state index contributed by atoms with van der Waals surface area (Å²) in [5.41, 5.74) is 1.31. The first-order valence-corrected chi connectivity index (χ1v) is 9.09. The molecule has 124 valence electrons. The normalized spacial score (nSPS) is 18.9. The van der Waals surface area contributed by atoms with E-state index in [0.29, 0.717) is 12.1 Å². The van der Waals surface area contributed by atoms with Crippen LogP contribution >= 0.6 is 11.3 Å². The molecule has 23 heavy (non-hydrogen) atoms. The Hall–Kier alpha value is -1.27. The first-order valence-electron chi connectivity index (χ1n) is 8.21. The molecule has 0 unspecified atom stereocenters. The van der Waals surface area contributed by atoms with Crippen LogP contribution in [-0.4, -0.2) is 54.7 Å². The van der Waals surface area contributed by atoms with Gasteiger partial charge in [-0.3, -0.25) is 14.8 Å². The van der Waals surface area contributed by atoms with E-state index in [-0.39, 0.29) is 0 Å². The van der Waals surface area contributed by atoms with Crippen LogP contribution in [0.1, 0.15) is 29.4 Å². The van der Waals surface area contributed by atoms with E-state index in [0.717, 1.165) is 32.8 Å². The molecule has 0 aliphatic carbocycles. The van der Waals surface area contributed by atoms with Gasteiger partial charge in [-0.1, -0.05) is 6.07 Å². The molecule has 5 heteroatoms. The first-order chi connectivity index (χ1) is 11.3. The summed E-state index contributed by atoms with van der Waals surface area (Å²) in [5, 5.41) is 2.18. The molecular formula is C18H25N3OS. The highest BCUT2D eigenvalue weighted by Gasteiger charge is 2.26. The Morgan fingerprint density at radius 1 is 1.26 bits per heavy atom. The molecule has 1 fully saturated rings. The van der Waals surface area contributed by atoms with Gasteiger partial charge in [0, 0.05) is 42.9 Å². The van der Waals surface area contributed by atoms with Crippen molar-refractivity contribution in [2.75, 3.05) is 39.9 Å². The van der Waals surface area contributed by atoms with Gasteiger partial charge in [0.15, 0.2) is 0 Å². The number of rotatable bonds is 6. The number of morpholine rings is 1. The van der Waals surface area contributed by atoms with E-state index >= 15 is 0 Å². The molecule has 4 nitrogen and oxygen atoms in total. The average Bonchev–Trinajstić information content (AvgIpc) is 3.14. The molecule has 0 aromatic carbocycles. The minimum absolute atomic E-state index is 0.376. The number of hydrogen-bond donors (Lipinski definition) is 0. The van der Waals surface area contributed by atoms with Crippen LogP contribution in [0, 0.1) is 0 Å². The predicted molar refractivity (Wildman–Crippen MR) is 94.7 cm³/mol. The smallest absolute Gasteiger partial charge is 0.0594 e. The van der Waals surface area contributed by atoms with E-state index in [2.05, 4.69) is 58.4 Å². The minimum atomic E-state index is 0.376. The molecule has 2 aromatic rings. The summed E-state index contributed by atoms with van der Waals surface area (Å²) < 4.78 is 5.53. The lowest BCUT2D eigenvalue weighted by molar-refractivity contribution is 0.00767. The van der Waals surface area contributed by atoms with Gasteiger partial charge < -0.3 is 4.74 Å². The van der Waals surface area contributed by atoms with Crippen molar-refractivity contribution in [3.63, 3.8) is 0 Å². The highest BCUT2D eigenvalue weighted by atomic mass is 32.1. The molecule has 0 bridgehead atoms. The summed E-state index contributed by atoms with van der Waals surface area (Å²) >= 11 is 1.86. The van der Waals surface area contributed by atoms with Crippen LogP contribution in [0.4, 0.5) is 0 Å². The quantitative estimate of drug-likeness (QED) is 0.813. The van der Waals surface area contributed by atoms with E-state index in [9.17, 15) is 0 Å². The summed E-state index contributed by atoms with van der Waals surface area (Å²) in [6.07, 6.45) is 3.75. The van der Waals surface area contributed by atoms with Gasteiger partial charge in [-0.25, -0.2) is 0 Å². The average molecular weight is 331 g/mol. The Balaban J connectivity index is 1.72. The van der Waals surface area contributed by atoms with E-state index < -0.39 is 0 Å². The molecule has 0 spiro atoms. The Bertz CT molecular complexity index is 569. The summed E-state index contributed by atoms with van der Waals surface area (Å²) in [5.74, 6) is 0. The topological polar surface area (TPSA) is 28.6 Å². The monoisotopic (exact) mass is 331 g/mol. The Morgan fingerprint density at radius 3 is 2.65 bits per heavy atom. The first kappa shape index (κ1) is 16.6. The molecule has 0 saturated carbocycles. The lowest BCUT2D eigenvalue weighted by Gasteiger charge is -2.37. The zero-order chi connectivity index (χ0) is 16.1. The van der Waals surface area contributed by atoms with Gasteiger partial charge in [0.2, 0.25) is 0 Å². The van der Waals surface area contributed by atoms with Gasteiger partial charge in [0.05, 0.1) is 19.3 Å². The Kier molecular flexibility index (Phi) is 5.78. The lowest BCUT2D eigenvalue weighted by Crippen LogP contribution is -2.43. The summed E-state index contributed by atoms with van der Waals surface area (Å²) in [4.78, 5) is 10.6. The fourth-order valence-corrected chi connectivity index (χ4v) is 3.93. The molecule has 1 saturated heterocycles. The third kappa shape index (κ3) is 4.18. The fraction of sp³-hybridized carbons (Fsp3) is 0.500. The second kappa shape index (κ2) is 8.02. The highest BCUT2D eigenvalue weighted by Crippen LogP contribution is 2.29. The van der Waals surface area contributed by atoms with Crippen LogP contribution in [0.15, 0.2) is 42.0 Å². The maximum Gasteiger partial charge on any atom is 0.0594 e. The zero-order valence-corrected chi connectivity index (χ0v) is 14.7. The molecule has 2 aromatic heterocycles. The van der Waals surface area contributed by atoms with Gasteiger partial charge in [-0.2, -0.15) is 0 Å².